The normalized spacial score (nSPS) is 11.5. The average Bonchev–Trinajstić information content (AvgIpc) is 2.38. The average molecular weight is 445 g/mol. The molecule has 0 unspecified atom stereocenters. The third-order valence-electron chi connectivity index (χ3n) is 2.44. The maximum Gasteiger partial charge on any atom is 0.263 e. The van der Waals surface area contributed by atoms with Crippen molar-refractivity contribution < 1.29 is 21.6 Å². The van der Waals surface area contributed by atoms with Crippen molar-refractivity contribution in [2.45, 2.75) is 4.90 Å². The van der Waals surface area contributed by atoms with Gasteiger partial charge in [-0.15, -0.1) is 0 Å². The Labute approximate surface area is 135 Å². The third-order valence-corrected chi connectivity index (χ3v) is 5.29. The van der Waals surface area contributed by atoms with Gasteiger partial charge in [-0.1, -0.05) is 15.9 Å². The number of anilines is 1. The maximum atomic E-state index is 13.5. The summed E-state index contributed by atoms with van der Waals surface area (Å²) in [4.78, 5) is -0.180. The summed E-state index contributed by atoms with van der Waals surface area (Å²) < 4.78 is 66.4. The molecule has 0 saturated heterocycles. The van der Waals surface area contributed by atoms with Crippen LogP contribution in [0.2, 0.25) is 0 Å². The van der Waals surface area contributed by atoms with E-state index in [0.29, 0.717) is 10.5 Å². The van der Waals surface area contributed by atoms with Crippen molar-refractivity contribution in [2.75, 3.05) is 4.72 Å². The van der Waals surface area contributed by atoms with Crippen molar-refractivity contribution >= 4 is 47.6 Å². The second-order valence-corrected chi connectivity index (χ2v) is 7.35. The molecule has 0 aliphatic rings. The van der Waals surface area contributed by atoms with Crippen LogP contribution in [0.4, 0.5) is 18.9 Å². The topological polar surface area (TPSA) is 46.2 Å². The fourth-order valence-corrected chi connectivity index (χ4v) is 4.04. The lowest BCUT2D eigenvalue weighted by Crippen LogP contribution is -2.15. The Morgan fingerprint density at radius 1 is 0.905 bits per heavy atom. The minimum Gasteiger partial charge on any atom is -0.277 e. The molecule has 2 rings (SSSR count). The molecule has 112 valence electrons. The fourth-order valence-electron chi connectivity index (χ4n) is 1.48. The summed E-state index contributed by atoms with van der Waals surface area (Å²) in [6, 6.07) is 5.06. The van der Waals surface area contributed by atoms with Gasteiger partial charge in [-0.25, -0.2) is 21.6 Å². The molecule has 9 heteroatoms. The van der Waals surface area contributed by atoms with Crippen molar-refractivity contribution in [1.29, 1.82) is 0 Å². The molecule has 0 aliphatic heterocycles. The molecule has 0 aliphatic carbocycles. The van der Waals surface area contributed by atoms with Gasteiger partial charge in [-0.3, -0.25) is 4.72 Å². The molecule has 0 heterocycles. The molecule has 0 atom stereocenters. The van der Waals surface area contributed by atoms with Crippen molar-refractivity contribution in [3.63, 3.8) is 0 Å². The number of rotatable bonds is 3. The van der Waals surface area contributed by atoms with Gasteiger partial charge in [0.1, 0.15) is 10.7 Å². The zero-order valence-electron chi connectivity index (χ0n) is 10.0. The predicted molar refractivity (Wildman–Crippen MR) is 79.0 cm³/mol. The van der Waals surface area contributed by atoms with E-state index >= 15 is 0 Å². The summed E-state index contributed by atoms with van der Waals surface area (Å²) in [5, 5.41) is 0. The Balaban J connectivity index is 2.47. The first-order valence-corrected chi connectivity index (χ1v) is 8.40. The Morgan fingerprint density at radius 3 is 2.19 bits per heavy atom. The van der Waals surface area contributed by atoms with E-state index in [9.17, 15) is 21.6 Å². The summed E-state index contributed by atoms with van der Waals surface area (Å²) in [7, 11) is -4.17. The van der Waals surface area contributed by atoms with E-state index in [1.54, 1.807) is 6.07 Å². The highest BCUT2D eigenvalue weighted by atomic mass is 79.9. The zero-order valence-corrected chi connectivity index (χ0v) is 14.0. The minimum atomic E-state index is -4.17. The van der Waals surface area contributed by atoms with E-state index in [1.807, 2.05) is 4.72 Å². The van der Waals surface area contributed by atoms with Crippen LogP contribution in [0.15, 0.2) is 44.2 Å². The summed E-state index contributed by atoms with van der Waals surface area (Å²) in [5.41, 5.74) is -0.680. The summed E-state index contributed by atoms with van der Waals surface area (Å²) in [6.45, 7) is 0. The Kier molecular flexibility index (Phi) is 4.64. The first-order valence-electron chi connectivity index (χ1n) is 5.33. The molecule has 0 fully saturated rings. The molecule has 2 aromatic carbocycles. The van der Waals surface area contributed by atoms with E-state index < -0.39 is 33.2 Å². The number of nitrogens with one attached hydrogen (secondary N) is 1. The van der Waals surface area contributed by atoms with Gasteiger partial charge in [0.05, 0.1) is 5.69 Å². The van der Waals surface area contributed by atoms with E-state index in [-0.39, 0.29) is 15.4 Å². The molecule has 21 heavy (non-hydrogen) atoms. The van der Waals surface area contributed by atoms with Gasteiger partial charge in [0.2, 0.25) is 0 Å². The molecule has 2 aromatic rings. The molecule has 0 aromatic heterocycles. The molecule has 1 N–H and O–H groups in total. The van der Waals surface area contributed by atoms with Gasteiger partial charge in [0.15, 0.2) is 11.6 Å². The molecule has 3 nitrogen and oxygen atoms in total. The number of hydrogen-bond acceptors (Lipinski definition) is 2. The van der Waals surface area contributed by atoms with Gasteiger partial charge in [0.25, 0.3) is 10.0 Å². The molecule has 0 amide bonds. The molecular weight excluding hydrogens is 439 g/mol. The molecule has 0 spiro atoms. The predicted octanol–water partition coefficient (Wildman–Crippen LogP) is 4.43. The molecular formula is C12H6Br2F3NO2S. The summed E-state index contributed by atoms with van der Waals surface area (Å²) >= 11 is 6.17. The van der Waals surface area contributed by atoms with Crippen LogP contribution < -0.4 is 4.72 Å². The Bertz CT molecular complexity index is 812. The van der Waals surface area contributed by atoms with E-state index in [2.05, 4.69) is 31.9 Å². The van der Waals surface area contributed by atoms with Crippen LogP contribution in [0.25, 0.3) is 0 Å². The zero-order chi connectivity index (χ0) is 15.8. The van der Waals surface area contributed by atoms with Crippen LogP contribution in [-0.4, -0.2) is 8.42 Å². The Hall–Kier alpha value is -1.06. The monoisotopic (exact) mass is 443 g/mol. The van der Waals surface area contributed by atoms with Crippen LogP contribution >= 0.6 is 31.9 Å². The lowest BCUT2D eigenvalue weighted by molar-refractivity contribution is 0.496. The first-order chi connectivity index (χ1) is 9.70. The quantitative estimate of drug-likeness (QED) is 0.712. The van der Waals surface area contributed by atoms with Crippen LogP contribution in [0.5, 0.6) is 0 Å². The highest BCUT2D eigenvalue weighted by molar-refractivity contribution is 9.11. The third kappa shape index (κ3) is 3.58. The van der Waals surface area contributed by atoms with Crippen LogP contribution in [0, 0.1) is 17.5 Å². The SMILES string of the molecule is O=S(=O)(Nc1cc(F)c(F)cc1F)c1cc(Br)ccc1Br. The van der Waals surface area contributed by atoms with Gasteiger partial charge < -0.3 is 0 Å². The van der Waals surface area contributed by atoms with Crippen LogP contribution in [0.1, 0.15) is 0 Å². The van der Waals surface area contributed by atoms with E-state index in [0.717, 1.165) is 0 Å². The molecule has 0 saturated carbocycles. The summed E-state index contributed by atoms with van der Waals surface area (Å²) in [6.07, 6.45) is 0. The maximum absolute atomic E-state index is 13.5. The standard InChI is InChI=1S/C12H6Br2F3NO2S/c13-6-1-2-7(14)12(3-6)21(19,20)18-11-5-9(16)8(15)4-10(11)17/h1-5,18H. The van der Waals surface area contributed by atoms with Gasteiger partial charge in [-0.2, -0.15) is 0 Å². The highest BCUT2D eigenvalue weighted by Crippen LogP contribution is 2.28. The van der Waals surface area contributed by atoms with Gasteiger partial charge >= 0.3 is 0 Å². The Morgan fingerprint density at radius 2 is 1.52 bits per heavy atom. The number of sulfonamides is 1. The largest absolute Gasteiger partial charge is 0.277 e. The van der Waals surface area contributed by atoms with Crippen molar-refractivity contribution in [1.82, 2.24) is 0 Å². The van der Waals surface area contributed by atoms with Crippen molar-refractivity contribution in [3.8, 4) is 0 Å². The van der Waals surface area contributed by atoms with E-state index in [4.69, 9.17) is 0 Å². The smallest absolute Gasteiger partial charge is 0.263 e. The lowest BCUT2D eigenvalue weighted by atomic mass is 10.3. The van der Waals surface area contributed by atoms with Gasteiger partial charge in [0, 0.05) is 21.1 Å². The first kappa shape index (κ1) is 16.3. The van der Waals surface area contributed by atoms with Gasteiger partial charge in [-0.05, 0) is 34.1 Å². The fraction of sp³-hybridized carbons (Fsp3) is 0. The van der Waals surface area contributed by atoms with Crippen LogP contribution in [0.3, 0.4) is 0 Å². The number of benzene rings is 2. The summed E-state index contributed by atoms with van der Waals surface area (Å²) in [5.74, 6) is -3.98. The van der Waals surface area contributed by atoms with Crippen molar-refractivity contribution in [2.24, 2.45) is 0 Å². The highest BCUT2D eigenvalue weighted by Gasteiger charge is 2.21. The molecule has 0 radical (unpaired) electrons. The lowest BCUT2D eigenvalue weighted by Gasteiger charge is -2.11. The second-order valence-electron chi connectivity index (χ2n) is 3.93. The van der Waals surface area contributed by atoms with E-state index in [1.165, 1.54) is 12.1 Å². The molecule has 0 bridgehead atoms. The number of hydrogen-bond donors (Lipinski definition) is 1. The second kappa shape index (κ2) is 5.98. The van der Waals surface area contributed by atoms with Crippen LogP contribution in [-0.2, 0) is 10.0 Å². The number of halogens is 5. The van der Waals surface area contributed by atoms with Crippen molar-refractivity contribution in [3.05, 3.63) is 56.7 Å². The minimum absolute atomic E-state index is 0.180.